The molecule has 43 heavy (non-hydrogen) atoms. The molecule has 0 saturated carbocycles. The molecular formula is C31H35ClFN7O3. The maximum atomic E-state index is 15.1. The van der Waals surface area contributed by atoms with Crippen LogP contribution in [0.5, 0.6) is 5.75 Å². The molecule has 0 spiro atoms. The van der Waals surface area contributed by atoms with Gasteiger partial charge in [0.05, 0.1) is 38.9 Å². The van der Waals surface area contributed by atoms with Crippen LogP contribution in [-0.2, 0) is 9.59 Å². The summed E-state index contributed by atoms with van der Waals surface area (Å²) in [5.74, 6) is -0.215. The number of aliphatic imine (C=N–C) groups is 1. The average molecular weight is 608 g/mol. The first-order chi connectivity index (χ1) is 20.4. The number of carbonyl (C=O) groups excluding carboxylic acids is 2. The van der Waals surface area contributed by atoms with Gasteiger partial charge in [-0.1, -0.05) is 38.1 Å². The van der Waals surface area contributed by atoms with E-state index in [1.165, 1.54) is 29.2 Å². The van der Waals surface area contributed by atoms with Gasteiger partial charge in [-0.15, -0.1) is 0 Å². The number of anilines is 2. The van der Waals surface area contributed by atoms with Crippen molar-refractivity contribution >= 4 is 41.3 Å². The van der Waals surface area contributed by atoms with Crippen LogP contribution in [0.4, 0.5) is 15.9 Å². The monoisotopic (exact) mass is 607 g/mol. The van der Waals surface area contributed by atoms with Gasteiger partial charge in [0.2, 0.25) is 12.3 Å². The lowest BCUT2D eigenvalue weighted by molar-refractivity contribution is -0.128. The van der Waals surface area contributed by atoms with E-state index in [0.29, 0.717) is 60.3 Å². The van der Waals surface area contributed by atoms with E-state index in [-0.39, 0.29) is 45.7 Å². The van der Waals surface area contributed by atoms with E-state index in [1.54, 1.807) is 31.9 Å². The maximum absolute atomic E-state index is 15.1. The first-order valence-corrected chi connectivity index (χ1v) is 14.2. The fraction of sp³-hybridized carbons (Fsp3) is 0.355. The topological polar surface area (TPSA) is 115 Å². The third-order valence-electron chi connectivity index (χ3n) is 7.34. The number of pyridine rings is 1. The number of amidine groups is 1. The Kier molecular flexibility index (Phi) is 9.44. The molecule has 3 heterocycles. The highest BCUT2D eigenvalue weighted by Crippen LogP contribution is 2.41. The van der Waals surface area contributed by atoms with Crippen molar-refractivity contribution in [2.75, 3.05) is 31.6 Å². The van der Waals surface area contributed by atoms with Crippen LogP contribution in [0.3, 0.4) is 0 Å². The summed E-state index contributed by atoms with van der Waals surface area (Å²) in [6.07, 6.45) is 1.89. The molecule has 226 valence electrons. The summed E-state index contributed by atoms with van der Waals surface area (Å²) in [5, 5.41) is 10.6. The van der Waals surface area contributed by atoms with Gasteiger partial charge in [-0.2, -0.15) is 0 Å². The minimum atomic E-state index is -0.732. The normalized spacial score (nSPS) is 15.6. The van der Waals surface area contributed by atoms with E-state index in [2.05, 4.69) is 21.5 Å². The van der Waals surface area contributed by atoms with Crippen molar-refractivity contribution < 1.29 is 19.1 Å². The van der Waals surface area contributed by atoms with E-state index >= 15 is 4.39 Å². The first kappa shape index (κ1) is 31.6. The second kappa shape index (κ2) is 12.9. The van der Waals surface area contributed by atoms with Crippen LogP contribution in [0.15, 0.2) is 41.9 Å². The van der Waals surface area contributed by atoms with Crippen LogP contribution < -0.4 is 4.90 Å². The summed E-state index contributed by atoms with van der Waals surface area (Å²) in [7, 11) is 1.61. The van der Waals surface area contributed by atoms with E-state index in [4.69, 9.17) is 16.6 Å². The summed E-state index contributed by atoms with van der Waals surface area (Å²) >= 11 is 6.76. The third-order valence-corrected chi connectivity index (χ3v) is 7.63. The Bertz CT molecular complexity index is 1590. The lowest BCUT2D eigenvalue weighted by atomic mass is 10.0. The molecule has 10 nitrogen and oxygen atoms in total. The van der Waals surface area contributed by atoms with Crippen molar-refractivity contribution in [2.45, 2.75) is 46.6 Å². The number of amides is 2. The number of halogens is 2. The molecule has 4 rings (SSSR count). The molecule has 3 aromatic rings. The van der Waals surface area contributed by atoms with Gasteiger partial charge in [0, 0.05) is 32.7 Å². The van der Waals surface area contributed by atoms with E-state index in [1.807, 2.05) is 25.7 Å². The molecule has 1 saturated heterocycles. The van der Waals surface area contributed by atoms with Crippen molar-refractivity contribution in [1.29, 1.82) is 0 Å². The highest BCUT2D eigenvalue weighted by molar-refractivity contribution is 6.33. The van der Waals surface area contributed by atoms with Gasteiger partial charge in [-0.3, -0.25) is 19.5 Å². The van der Waals surface area contributed by atoms with Crippen LogP contribution >= 0.6 is 11.6 Å². The number of rotatable bonds is 7. The lowest BCUT2D eigenvalue weighted by Gasteiger charge is -2.41. The van der Waals surface area contributed by atoms with Gasteiger partial charge in [0.1, 0.15) is 23.2 Å². The molecular weight excluding hydrogens is 573 g/mol. The zero-order chi connectivity index (χ0) is 31.6. The first-order valence-electron chi connectivity index (χ1n) is 13.9. The van der Waals surface area contributed by atoms with Gasteiger partial charge < -0.3 is 14.9 Å². The molecule has 2 amide bonds. The summed E-state index contributed by atoms with van der Waals surface area (Å²) < 4.78 is 15.1. The molecule has 0 aliphatic carbocycles. The molecule has 2 aromatic heterocycles. The molecule has 1 fully saturated rings. The van der Waals surface area contributed by atoms with Crippen LogP contribution in [0.25, 0.3) is 11.3 Å². The van der Waals surface area contributed by atoms with Crippen LogP contribution in [0.2, 0.25) is 5.02 Å². The number of piperazine rings is 1. The fourth-order valence-electron chi connectivity index (χ4n) is 5.40. The van der Waals surface area contributed by atoms with Crippen molar-refractivity contribution in [3.05, 3.63) is 70.5 Å². The molecule has 12 heteroatoms. The number of aryl methyl sites for hydroxylation is 2. The minimum Gasteiger partial charge on any atom is -0.507 e. The maximum Gasteiger partial charge on any atom is 0.246 e. The number of aromatic hydroxyl groups is 1. The predicted octanol–water partition coefficient (Wildman–Crippen LogP) is 5.17. The summed E-state index contributed by atoms with van der Waals surface area (Å²) in [4.78, 5) is 48.8. The summed E-state index contributed by atoms with van der Waals surface area (Å²) in [6, 6.07) is 5.30. The van der Waals surface area contributed by atoms with Gasteiger partial charge in [0.15, 0.2) is 5.82 Å². The largest absolute Gasteiger partial charge is 0.507 e. The number of aromatic nitrogens is 3. The fourth-order valence-corrected chi connectivity index (χ4v) is 5.64. The second-order valence-electron chi connectivity index (χ2n) is 10.6. The lowest BCUT2D eigenvalue weighted by Crippen LogP contribution is -2.55. The minimum absolute atomic E-state index is 0.0419. The quantitative estimate of drug-likeness (QED) is 0.171. The Balaban J connectivity index is 1.99. The zero-order valence-corrected chi connectivity index (χ0v) is 25.9. The second-order valence-corrected chi connectivity index (χ2v) is 11.0. The molecule has 1 aliphatic rings. The molecule has 1 unspecified atom stereocenters. The third kappa shape index (κ3) is 6.08. The van der Waals surface area contributed by atoms with Crippen molar-refractivity contribution in [3.63, 3.8) is 0 Å². The Morgan fingerprint density at radius 2 is 1.98 bits per heavy atom. The van der Waals surface area contributed by atoms with E-state index in [9.17, 15) is 14.7 Å². The van der Waals surface area contributed by atoms with Crippen LogP contribution in [0, 0.1) is 19.7 Å². The van der Waals surface area contributed by atoms with Gasteiger partial charge in [0.25, 0.3) is 0 Å². The van der Waals surface area contributed by atoms with Gasteiger partial charge >= 0.3 is 0 Å². The number of phenols is 1. The Hall–Kier alpha value is -4.38. The number of hydrogen-bond donors (Lipinski definition) is 1. The summed E-state index contributed by atoms with van der Waals surface area (Å²) in [6.45, 7) is 14.3. The van der Waals surface area contributed by atoms with Crippen molar-refractivity contribution in [1.82, 2.24) is 24.8 Å². The standard InChI is InChI=1S/C31H35ClFN7O3/c1-8-25(43)38-12-13-39(18(4)15-38)30(34-7)21-14-22(32)28(26-23(33)10-9-11-24(26)42)37-31(21)40(16-41)29-19(5)35-20(6)36-27(29)17(2)3/h8-11,14,16-18,42H,1,12-13,15H2,2-7H3/b34-30+. The van der Waals surface area contributed by atoms with E-state index in [0.717, 1.165) is 0 Å². The molecule has 1 N–H and O–H groups in total. The van der Waals surface area contributed by atoms with E-state index < -0.39 is 5.82 Å². The SMILES string of the molecule is C=CC(=O)N1CCN(/C(=N/C)c2cc(Cl)c(-c3c(O)cccc3F)nc2N(C=O)c2c(C)nc(C)nc2C(C)C)C(C)C1. The van der Waals surface area contributed by atoms with Crippen molar-refractivity contribution in [3.8, 4) is 17.0 Å². The highest BCUT2D eigenvalue weighted by Gasteiger charge is 2.33. The number of nitrogens with zero attached hydrogens (tertiary/aromatic N) is 7. The molecule has 1 aromatic carbocycles. The smallest absolute Gasteiger partial charge is 0.246 e. The molecule has 1 atom stereocenters. The van der Waals surface area contributed by atoms with Crippen molar-refractivity contribution in [2.24, 2.45) is 4.99 Å². The van der Waals surface area contributed by atoms with Crippen LogP contribution in [0.1, 0.15) is 49.5 Å². The zero-order valence-electron chi connectivity index (χ0n) is 25.1. The Labute approximate surface area is 255 Å². The predicted molar refractivity (Wildman–Crippen MR) is 166 cm³/mol. The number of hydrogen-bond acceptors (Lipinski definition) is 7. The number of carbonyl (C=O) groups is 2. The van der Waals surface area contributed by atoms with Crippen LogP contribution in [-0.4, -0.2) is 80.7 Å². The molecule has 1 aliphatic heterocycles. The van der Waals surface area contributed by atoms with Gasteiger partial charge in [-0.25, -0.2) is 19.3 Å². The Morgan fingerprint density at radius 3 is 2.56 bits per heavy atom. The number of phenolic OH excluding ortho intramolecular Hbond substituents is 1. The van der Waals surface area contributed by atoms with Gasteiger partial charge in [-0.05, 0) is 51.0 Å². The molecule has 0 radical (unpaired) electrons. The summed E-state index contributed by atoms with van der Waals surface area (Å²) in [5.41, 5.74) is 1.73. The number of benzene rings is 1. The Morgan fingerprint density at radius 1 is 1.26 bits per heavy atom. The average Bonchev–Trinajstić information content (AvgIpc) is 2.96. The molecule has 0 bridgehead atoms. The highest BCUT2D eigenvalue weighted by atomic mass is 35.5.